The number of hydrogen-bond acceptors (Lipinski definition) is 3. The molecule has 1 rings (SSSR count). The van der Waals surface area contributed by atoms with E-state index < -0.39 is 0 Å². The summed E-state index contributed by atoms with van der Waals surface area (Å²) in [6.45, 7) is 2.50. The molecule has 0 aromatic rings. The monoisotopic (exact) mass is 75.1 g/mol. The fourth-order valence-electron chi connectivity index (χ4n) is 0. The quantitative estimate of drug-likeness (QED) is 0.184. The molecule has 3 nitrogen and oxygen atoms in total. The summed E-state index contributed by atoms with van der Waals surface area (Å²) < 4.78 is 0. The van der Waals surface area contributed by atoms with E-state index in [1.807, 2.05) is 0 Å². The Kier molecular flexibility index (Phi) is 3.79. The lowest BCUT2D eigenvalue weighted by Gasteiger charge is -1.27. The molecule has 0 aromatic carbocycles. The summed E-state index contributed by atoms with van der Waals surface area (Å²) in [6, 6.07) is 0. The molecule has 1 aliphatic heterocycles. The van der Waals surface area contributed by atoms with Crippen molar-refractivity contribution in [3.8, 4) is 0 Å². The second-order valence-electron chi connectivity index (χ2n) is 0.750. The third kappa shape index (κ3) is 17.7. The first-order valence-corrected chi connectivity index (χ1v) is 1.54. The predicted octanol–water partition coefficient (Wildman–Crippen LogP) is -1.59. The Morgan fingerprint density at radius 3 is 1.40 bits per heavy atom. The first kappa shape index (κ1) is 4.88. The van der Waals surface area contributed by atoms with Crippen LogP contribution in [0.1, 0.15) is 0 Å². The van der Waals surface area contributed by atoms with Gasteiger partial charge in [-0.1, -0.05) is 0 Å². The maximum Gasteiger partial charge on any atom is 0.00772 e. The highest BCUT2D eigenvalue weighted by molar-refractivity contribution is 4.58. The van der Waals surface area contributed by atoms with Crippen LogP contribution in [-0.2, 0) is 0 Å². The van der Waals surface area contributed by atoms with E-state index >= 15 is 0 Å². The van der Waals surface area contributed by atoms with Crippen LogP contribution in [0.5, 0.6) is 0 Å². The van der Waals surface area contributed by atoms with Gasteiger partial charge in [-0.15, -0.1) is 0 Å². The maximum absolute atomic E-state index is 4.00. The standard InChI is InChI=1S/C2H5N.H4N2/c1-2-3-1;1-2/h3H,1-2H2;1-2H2. The van der Waals surface area contributed by atoms with Gasteiger partial charge in [0, 0.05) is 13.1 Å². The molecule has 3 heteroatoms. The van der Waals surface area contributed by atoms with Gasteiger partial charge in [0.15, 0.2) is 0 Å². The van der Waals surface area contributed by atoms with Crippen LogP contribution < -0.4 is 17.0 Å². The van der Waals surface area contributed by atoms with Crippen molar-refractivity contribution in [1.29, 1.82) is 0 Å². The van der Waals surface area contributed by atoms with Crippen molar-refractivity contribution in [3.63, 3.8) is 0 Å². The highest BCUT2D eigenvalue weighted by atomic mass is 15.0. The van der Waals surface area contributed by atoms with Crippen LogP contribution in [0.15, 0.2) is 0 Å². The lowest BCUT2D eigenvalue weighted by molar-refractivity contribution is 1.26. The average molecular weight is 75.1 g/mol. The van der Waals surface area contributed by atoms with E-state index in [0.29, 0.717) is 0 Å². The van der Waals surface area contributed by atoms with Crippen LogP contribution in [0, 0.1) is 0 Å². The number of nitrogens with one attached hydrogen (secondary N) is 1. The van der Waals surface area contributed by atoms with E-state index in [0.717, 1.165) is 0 Å². The van der Waals surface area contributed by atoms with Crippen molar-refractivity contribution in [3.05, 3.63) is 0 Å². The summed E-state index contributed by atoms with van der Waals surface area (Å²) in [5.41, 5.74) is 0. The topological polar surface area (TPSA) is 74.0 Å². The van der Waals surface area contributed by atoms with Gasteiger partial charge in [-0.2, -0.15) is 0 Å². The van der Waals surface area contributed by atoms with Crippen LogP contribution in [0.2, 0.25) is 0 Å². The van der Waals surface area contributed by atoms with Gasteiger partial charge in [-0.3, -0.25) is 11.7 Å². The van der Waals surface area contributed by atoms with Gasteiger partial charge in [0.1, 0.15) is 0 Å². The minimum atomic E-state index is 1.25. The summed E-state index contributed by atoms with van der Waals surface area (Å²) >= 11 is 0. The SMILES string of the molecule is C1CN1.NN. The number of rotatable bonds is 0. The van der Waals surface area contributed by atoms with E-state index in [4.69, 9.17) is 0 Å². The van der Waals surface area contributed by atoms with E-state index in [2.05, 4.69) is 17.0 Å². The molecule has 5 heavy (non-hydrogen) atoms. The van der Waals surface area contributed by atoms with E-state index in [9.17, 15) is 0 Å². The van der Waals surface area contributed by atoms with Crippen LogP contribution in [0.25, 0.3) is 0 Å². The maximum atomic E-state index is 4.00. The van der Waals surface area contributed by atoms with Gasteiger partial charge in [-0.25, -0.2) is 0 Å². The molecule has 0 radical (unpaired) electrons. The fraction of sp³-hybridized carbons (Fsp3) is 1.00. The molecule has 0 aromatic heterocycles. The zero-order valence-electron chi connectivity index (χ0n) is 3.07. The molecule has 0 amide bonds. The molecule has 1 aliphatic rings. The Balaban J connectivity index is 0.0000000733. The second kappa shape index (κ2) is 3.88. The summed E-state index contributed by atoms with van der Waals surface area (Å²) in [5.74, 6) is 8.00. The van der Waals surface area contributed by atoms with Crippen molar-refractivity contribution in [2.24, 2.45) is 11.7 Å². The highest BCUT2D eigenvalue weighted by Crippen LogP contribution is 1.65. The zero-order chi connectivity index (χ0) is 4.12. The molecule has 1 fully saturated rings. The average Bonchev–Trinajstić information content (AvgIpc) is 2.19. The van der Waals surface area contributed by atoms with Crippen molar-refractivity contribution in [2.75, 3.05) is 13.1 Å². The molecule has 5 N–H and O–H groups in total. The molecular formula is C2H9N3. The van der Waals surface area contributed by atoms with Gasteiger partial charge in [0.2, 0.25) is 0 Å². The lowest BCUT2D eigenvalue weighted by atomic mass is 11.0. The van der Waals surface area contributed by atoms with Crippen LogP contribution in [-0.4, -0.2) is 13.1 Å². The molecule has 0 spiro atoms. The highest BCUT2D eigenvalue weighted by Gasteiger charge is 1.91. The summed E-state index contributed by atoms with van der Waals surface area (Å²) in [4.78, 5) is 0. The number of hydrogen-bond donors (Lipinski definition) is 3. The van der Waals surface area contributed by atoms with Crippen LogP contribution in [0.3, 0.4) is 0 Å². The Labute approximate surface area is 31.3 Å². The van der Waals surface area contributed by atoms with Gasteiger partial charge >= 0.3 is 0 Å². The molecule has 0 atom stereocenters. The van der Waals surface area contributed by atoms with Gasteiger partial charge in [0.25, 0.3) is 0 Å². The third-order valence-electron chi connectivity index (χ3n) is 0.250. The van der Waals surface area contributed by atoms with Gasteiger partial charge < -0.3 is 5.32 Å². The van der Waals surface area contributed by atoms with E-state index in [1.165, 1.54) is 13.1 Å². The normalized spacial score (nSPS) is 15.6. The van der Waals surface area contributed by atoms with Crippen LogP contribution in [0.4, 0.5) is 0 Å². The van der Waals surface area contributed by atoms with Crippen molar-refractivity contribution < 1.29 is 0 Å². The molecule has 0 bridgehead atoms. The molecular weight excluding hydrogens is 66.0 g/mol. The van der Waals surface area contributed by atoms with Crippen molar-refractivity contribution in [1.82, 2.24) is 5.32 Å². The van der Waals surface area contributed by atoms with Gasteiger partial charge in [0.05, 0.1) is 0 Å². The molecule has 1 heterocycles. The van der Waals surface area contributed by atoms with Gasteiger partial charge in [-0.05, 0) is 0 Å². The second-order valence-corrected chi connectivity index (χ2v) is 0.750. The minimum Gasteiger partial charge on any atom is -0.314 e. The third-order valence-corrected chi connectivity index (χ3v) is 0.250. The Morgan fingerprint density at radius 2 is 1.40 bits per heavy atom. The number of nitrogens with two attached hydrogens (primary N) is 2. The smallest absolute Gasteiger partial charge is 0.00772 e. The first-order valence-electron chi connectivity index (χ1n) is 1.54. The first-order chi connectivity index (χ1) is 2.50. The van der Waals surface area contributed by atoms with E-state index in [-0.39, 0.29) is 0 Å². The molecule has 1 saturated heterocycles. The predicted molar refractivity (Wildman–Crippen MR) is 21.2 cm³/mol. The number of hydrazine groups is 1. The van der Waals surface area contributed by atoms with Crippen molar-refractivity contribution >= 4 is 0 Å². The summed E-state index contributed by atoms with van der Waals surface area (Å²) in [7, 11) is 0. The Hall–Kier alpha value is -0.120. The molecule has 0 aliphatic carbocycles. The lowest BCUT2D eigenvalue weighted by Crippen LogP contribution is -2.02. The van der Waals surface area contributed by atoms with Crippen LogP contribution >= 0.6 is 0 Å². The molecule has 0 saturated carbocycles. The largest absolute Gasteiger partial charge is 0.314 e. The Morgan fingerprint density at radius 1 is 1.20 bits per heavy atom. The van der Waals surface area contributed by atoms with Crippen molar-refractivity contribution in [2.45, 2.75) is 0 Å². The zero-order valence-corrected chi connectivity index (χ0v) is 3.07. The minimum absolute atomic E-state index is 1.25. The molecule has 32 valence electrons. The fourth-order valence-corrected chi connectivity index (χ4v) is 0. The molecule has 0 unspecified atom stereocenters. The summed E-state index contributed by atoms with van der Waals surface area (Å²) in [5, 5.41) is 3.00. The Bertz CT molecular complexity index is 9.61. The summed E-state index contributed by atoms with van der Waals surface area (Å²) in [6.07, 6.45) is 0. The van der Waals surface area contributed by atoms with E-state index in [1.54, 1.807) is 0 Å².